The molecule has 4 heteroatoms. The van der Waals surface area contributed by atoms with Crippen LogP contribution in [0.4, 0.5) is 0 Å². The summed E-state index contributed by atoms with van der Waals surface area (Å²) >= 11 is 0. The maximum Gasteiger partial charge on any atom is 0.216 e. The van der Waals surface area contributed by atoms with Gasteiger partial charge in [0.05, 0.1) is 0 Å². The summed E-state index contributed by atoms with van der Waals surface area (Å²) in [6.07, 6.45) is 0. The quantitative estimate of drug-likeness (QED) is 0.610. The van der Waals surface area contributed by atoms with Crippen molar-refractivity contribution in [2.24, 2.45) is 0 Å². The summed E-state index contributed by atoms with van der Waals surface area (Å²) in [5.74, 6) is 0.0319. The van der Waals surface area contributed by atoms with Gasteiger partial charge in [0.2, 0.25) is 5.91 Å². The Labute approximate surface area is 88.1 Å². The lowest BCUT2D eigenvalue weighted by atomic mass is 10.5. The largest absolute Gasteiger partial charge is 0.355 e. The van der Waals surface area contributed by atoms with Gasteiger partial charge in [-0.2, -0.15) is 0 Å². The van der Waals surface area contributed by atoms with Crippen LogP contribution in [-0.2, 0) is 4.79 Å². The van der Waals surface area contributed by atoms with Crippen molar-refractivity contribution >= 4 is 5.91 Å². The Morgan fingerprint density at radius 3 is 2.14 bits per heavy atom. The van der Waals surface area contributed by atoms with Gasteiger partial charge in [0.15, 0.2) is 0 Å². The molecule has 0 aromatic carbocycles. The summed E-state index contributed by atoms with van der Waals surface area (Å²) in [5.41, 5.74) is 0. The van der Waals surface area contributed by atoms with E-state index in [9.17, 15) is 4.79 Å². The Morgan fingerprint density at radius 2 is 1.71 bits per heavy atom. The van der Waals surface area contributed by atoms with Crippen LogP contribution in [0.5, 0.6) is 0 Å². The number of hydrogen-bond acceptors (Lipinski definition) is 3. The highest BCUT2D eigenvalue weighted by molar-refractivity contribution is 5.72. The van der Waals surface area contributed by atoms with Crippen LogP contribution >= 0.6 is 0 Å². The second kappa shape index (κ2) is 12.4. The fourth-order valence-corrected chi connectivity index (χ4v) is 0.755. The van der Waals surface area contributed by atoms with E-state index in [2.05, 4.69) is 15.5 Å². The van der Waals surface area contributed by atoms with Crippen molar-refractivity contribution in [2.75, 3.05) is 40.3 Å². The zero-order chi connectivity index (χ0) is 11.4. The SMILES string of the molecule is CC.CC(=O)NCCNCCN(C)C. The summed E-state index contributed by atoms with van der Waals surface area (Å²) < 4.78 is 0. The highest BCUT2D eigenvalue weighted by Crippen LogP contribution is 1.69. The molecule has 14 heavy (non-hydrogen) atoms. The molecule has 0 aromatic heterocycles. The van der Waals surface area contributed by atoms with Crippen molar-refractivity contribution in [1.29, 1.82) is 0 Å². The van der Waals surface area contributed by atoms with Crippen LogP contribution < -0.4 is 10.6 Å². The molecule has 0 fully saturated rings. The molecule has 2 N–H and O–H groups in total. The second-order valence-corrected chi connectivity index (χ2v) is 3.04. The Kier molecular flexibility index (Phi) is 14.0. The molecule has 0 radical (unpaired) electrons. The van der Waals surface area contributed by atoms with Gasteiger partial charge in [-0.25, -0.2) is 0 Å². The Morgan fingerprint density at radius 1 is 1.14 bits per heavy atom. The summed E-state index contributed by atoms with van der Waals surface area (Å²) in [7, 11) is 4.07. The number of carbonyl (C=O) groups is 1. The average Bonchev–Trinajstić information content (AvgIpc) is 2.13. The first-order valence-corrected chi connectivity index (χ1v) is 5.23. The summed E-state index contributed by atoms with van der Waals surface area (Å²) in [4.78, 5) is 12.6. The van der Waals surface area contributed by atoms with Gasteiger partial charge < -0.3 is 15.5 Å². The lowest BCUT2D eigenvalue weighted by Crippen LogP contribution is -2.33. The summed E-state index contributed by atoms with van der Waals surface area (Å²) in [6, 6.07) is 0. The van der Waals surface area contributed by atoms with E-state index in [-0.39, 0.29) is 5.91 Å². The van der Waals surface area contributed by atoms with E-state index in [0.717, 1.165) is 19.6 Å². The molecule has 0 atom stereocenters. The number of nitrogens with zero attached hydrogens (tertiary/aromatic N) is 1. The van der Waals surface area contributed by atoms with E-state index in [4.69, 9.17) is 0 Å². The first-order valence-electron chi connectivity index (χ1n) is 5.23. The van der Waals surface area contributed by atoms with Crippen LogP contribution in [0.2, 0.25) is 0 Å². The van der Waals surface area contributed by atoms with E-state index in [1.807, 2.05) is 27.9 Å². The van der Waals surface area contributed by atoms with Gasteiger partial charge in [0.1, 0.15) is 0 Å². The number of hydrogen-bond donors (Lipinski definition) is 2. The third kappa shape index (κ3) is 17.5. The van der Waals surface area contributed by atoms with Crippen molar-refractivity contribution in [3.8, 4) is 0 Å². The third-order valence-electron chi connectivity index (χ3n) is 1.41. The summed E-state index contributed by atoms with van der Waals surface area (Å²) in [5, 5.41) is 5.93. The first kappa shape index (κ1) is 15.8. The molecule has 0 aliphatic rings. The zero-order valence-electron chi connectivity index (χ0n) is 10.2. The molecule has 0 rings (SSSR count). The Balaban J connectivity index is 0. The van der Waals surface area contributed by atoms with Crippen LogP contribution in [0.3, 0.4) is 0 Å². The number of rotatable bonds is 6. The predicted molar refractivity (Wildman–Crippen MR) is 61.5 cm³/mol. The normalized spacial score (nSPS) is 9.29. The van der Waals surface area contributed by atoms with Crippen molar-refractivity contribution in [1.82, 2.24) is 15.5 Å². The fourth-order valence-electron chi connectivity index (χ4n) is 0.755. The molecule has 0 aromatic rings. The molecule has 0 spiro atoms. The van der Waals surface area contributed by atoms with Gasteiger partial charge in [-0.1, -0.05) is 13.8 Å². The number of likely N-dealkylation sites (N-methyl/N-ethyl adjacent to an activating group) is 1. The molecular formula is C10H25N3O. The van der Waals surface area contributed by atoms with Crippen LogP contribution in [0.25, 0.3) is 0 Å². The number of amides is 1. The Hall–Kier alpha value is -0.610. The van der Waals surface area contributed by atoms with Gasteiger partial charge >= 0.3 is 0 Å². The number of carbonyl (C=O) groups excluding carboxylic acids is 1. The van der Waals surface area contributed by atoms with Gasteiger partial charge in [-0.15, -0.1) is 0 Å². The molecule has 4 nitrogen and oxygen atoms in total. The standard InChI is InChI=1S/C8H19N3O.C2H6/c1-8(12)10-5-4-9-6-7-11(2)3;1-2/h9H,4-7H2,1-3H3,(H,10,12);1-2H3. The second-order valence-electron chi connectivity index (χ2n) is 3.04. The van der Waals surface area contributed by atoms with Crippen LogP contribution in [0.1, 0.15) is 20.8 Å². The molecular weight excluding hydrogens is 178 g/mol. The fraction of sp³-hybridized carbons (Fsp3) is 0.900. The van der Waals surface area contributed by atoms with Crippen LogP contribution in [0, 0.1) is 0 Å². The monoisotopic (exact) mass is 203 g/mol. The molecule has 86 valence electrons. The first-order chi connectivity index (χ1) is 6.63. The van der Waals surface area contributed by atoms with Crippen LogP contribution in [-0.4, -0.2) is 51.1 Å². The lowest BCUT2D eigenvalue weighted by Gasteiger charge is -2.10. The molecule has 0 saturated carbocycles. The minimum Gasteiger partial charge on any atom is -0.355 e. The lowest BCUT2D eigenvalue weighted by molar-refractivity contribution is -0.118. The average molecular weight is 203 g/mol. The van der Waals surface area contributed by atoms with E-state index >= 15 is 0 Å². The van der Waals surface area contributed by atoms with Gasteiger partial charge in [0.25, 0.3) is 0 Å². The van der Waals surface area contributed by atoms with E-state index in [0.29, 0.717) is 6.54 Å². The maximum absolute atomic E-state index is 10.4. The maximum atomic E-state index is 10.4. The van der Waals surface area contributed by atoms with E-state index < -0.39 is 0 Å². The molecule has 0 aliphatic heterocycles. The summed E-state index contributed by atoms with van der Waals surface area (Å²) in [6.45, 7) is 9.07. The van der Waals surface area contributed by atoms with Gasteiger partial charge in [-0.05, 0) is 14.1 Å². The van der Waals surface area contributed by atoms with Gasteiger partial charge in [0, 0.05) is 33.1 Å². The van der Waals surface area contributed by atoms with E-state index in [1.54, 1.807) is 0 Å². The molecule has 0 unspecified atom stereocenters. The smallest absolute Gasteiger partial charge is 0.216 e. The van der Waals surface area contributed by atoms with Crippen molar-refractivity contribution < 1.29 is 4.79 Å². The Bertz CT molecular complexity index is 127. The third-order valence-corrected chi connectivity index (χ3v) is 1.41. The van der Waals surface area contributed by atoms with Crippen molar-refractivity contribution in [3.63, 3.8) is 0 Å². The highest BCUT2D eigenvalue weighted by atomic mass is 16.1. The molecule has 0 aliphatic carbocycles. The highest BCUT2D eigenvalue weighted by Gasteiger charge is 1.91. The topological polar surface area (TPSA) is 44.4 Å². The van der Waals surface area contributed by atoms with Gasteiger partial charge in [-0.3, -0.25) is 4.79 Å². The van der Waals surface area contributed by atoms with E-state index in [1.165, 1.54) is 6.92 Å². The molecule has 0 bridgehead atoms. The molecule has 0 heterocycles. The minimum atomic E-state index is 0.0319. The van der Waals surface area contributed by atoms with Crippen LogP contribution in [0.15, 0.2) is 0 Å². The van der Waals surface area contributed by atoms with Crippen molar-refractivity contribution in [2.45, 2.75) is 20.8 Å². The predicted octanol–water partition coefficient (Wildman–Crippen LogP) is 0.300. The number of nitrogens with one attached hydrogen (secondary N) is 2. The minimum absolute atomic E-state index is 0.0319. The molecule has 0 saturated heterocycles. The molecule has 1 amide bonds. The zero-order valence-corrected chi connectivity index (χ0v) is 10.2. The van der Waals surface area contributed by atoms with Crippen molar-refractivity contribution in [3.05, 3.63) is 0 Å².